The van der Waals surface area contributed by atoms with Gasteiger partial charge in [0.25, 0.3) is 0 Å². The summed E-state index contributed by atoms with van der Waals surface area (Å²) in [6.45, 7) is 3.55. The number of nitriles is 1. The van der Waals surface area contributed by atoms with Gasteiger partial charge in [0.2, 0.25) is 5.91 Å². The van der Waals surface area contributed by atoms with Crippen LogP contribution in [0.1, 0.15) is 32.3 Å². The minimum Gasteiger partial charge on any atom is -0.481 e. The summed E-state index contributed by atoms with van der Waals surface area (Å²) in [7, 11) is 0. The Hall–Kier alpha value is -2.35. The maximum absolute atomic E-state index is 12.2. The van der Waals surface area contributed by atoms with E-state index in [1.807, 2.05) is 13.0 Å². The molecule has 20 heavy (non-hydrogen) atoms. The van der Waals surface area contributed by atoms with E-state index >= 15 is 0 Å². The molecule has 0 aromatic heterocycles. The molecule has 1 N–H and O–H groups in total. The topological polar surface area (TPSA) is 81.4 Å². The van der Waals surface area contributed by atoms with Crippen LogP contribution in [0, 0.1) is 17.2 Å². The first-order chi connectivity index (χ1) is 9.49. The van der Waals surface area contributed by atoms with Gasteiger partial charge < -0.3 is 10.0 Å². The van der Waals surface area contributed by atoms with Crippen LogP contribution >= 0.6 is 0 Å². The average Bonchev–Trinajstić information content (AvgIpc) is 2.44. The zero-order valence-electron chi connectivity index (χ0n) is 11.7. The van der Waals surface area contributed by atoms with Gasteiger partial charge in [0, 0.05) is 18.7 Å². The Labute approximate surface area is 118 Å². The molecule has 0 spiro atoms. The summed E-state index contributed by atoms with van der Waals surface area (Å²) in [5.41, 5.74) is 1.01. The van der Waals surface area contributed by atoms with E-state index in [2.05, 4.69) is 0 Å². The summed E-state index contributed by atoms with van der Waals surface area (Å²) >= 11 is 0. The normalized spacial score (nSPS) is 11.4. The van der Waals surface area contributed by atoms with Crippen LogP contribution in [0.3, 0.4) is 0 Å². The molecule has 1 atom stereocenters. The van der Waals surface area contributed by atoms with Gasteiger partial charge in [-0.15, -0.1) is 0 Å². The second-order valence-corrected chi connectivity index (χ2v) is 4.66. The molecule has 0 saturated carbocycles. The van der Waals surface area contributed by atoms with Gasteiger partial charge in [-0.1, -0.05) is 19.9 Å². The molecule has 0 aliphatic heterocycles. The van der Waals surface area contributed by atoms with Crippen LogP contribution in [-0.4, -0.2) is 23.5 Å². The maximum atomic E-state index is 12.2. The van der Waals surface area contributed by atoms with E-state index < -0.39 is 11.9 Å². The zero-order valence-corrected chi connectivity index (χ0v) is 11.7. The lowest BCUT2D eigenvalue weighted by Crippen LogP contribution is -2.36. The standard InChI is InChI=1S/C15H18N2O3/c1-3-5-14(18)17(10-11(2)15(19)20)13-7-4-6-12(8-13)9-16/h4,6-8,11H,3,5,10H2,1-2H3,(H,19,20). The Balaban J connectivity index is 3.06. The molecule has 5 nitrogen and oxygen atoms in total. The van der Waals surface area contributed by atoms with Gasteiger partial charge in [0.05, 0.1) is 17.6 Å². The summed E-state index contributed by atoms with van der Waals surface area (Å²) < 4.78 is 0. The SMILES string of the molecule is CCCC(=O)N(CC(C)C(=O)O)c1cccc(C#N)c1. The van der Waals surface area contributed by atoms with Crippen molar-refractivity contribution in [3.63, 3.8) is 0 Å². The van der Waals surface area contributed by atoms with Crippen LogP contribution in [0.4, 0.5) is 5.69 Å². The lowest BCUT2D eigenvalue weighted by atomic mass is 10.1. The van der Waals surface area contributed by atoms with Crippen LogP contribution < -0.4 is 4.90 Å². The zero-order chi connectivity index (χ0) is 15.1. The molecule has 0 aliphatic rings. The van der Waals surface area contributed by atoms with Crippen molar-refractivity contribution >= 4 is 17.6 Å². The van der Waals surface area contributed by atoms with Crippen molar-refractivity contribution in [3.8, 4) is 6.07 Å². The molecule has 0 radical (unpaired) electrons. The predicted octanol–water partition coefficient (Wildman–Crippen LogP) is 2.41. The van der Waals surface area contributed by atoms with E-state index in [-0.39, 0.29) is 12.5 Å². The highest BCUT2D eigenvalue weighted by atomic mass is 16.4. The molecule has 1 amide bonds. The number of hydrogen-bond donors (Lipinski definition) is 1. The van der Waals surface area contributed by atoms with Gasteiger partial charge in [-0.25, -0.2) is 0 Å². The van der Waals surface area contributed by atoms with Gasteiger partial charge in [0.1, 0.15) is 0 Å². The van der Waals surface area contributed by atoms with Crippen LogP contribution in [0.2, 0.25) is 0 Å². The van der Waals surface area contributed by atoms with Crippen LogP contribution in [-0.2, 0) is 9.59 Å². The smallest absolute Gasteiger partial charge is 0.308 e. The number of benzene rings is 1. The summed E-state index contributed by atoms with van der Waals surface area (Å²) in [6.07, 6.45) is 1.04. The number of carboxylic acids is 1. The monoisotopic (exact) mass is 274 g/mol. The van der Waals surface area contributed by atoms with Gasteiger partial charge in [-0.2, -0.15) is 5.26 Å². The van der Waals surface area contributed by atoms with E-state index in [1.165, 1.54) is 4.90 Å². The van der Waals surface area contributed by atoms with Crippen LogP contribution in [0.5, 0.6) is 0 Å². The minimum atomic E-state index is -0.948. The molecule has 0 saturated heterocycles. The minimum absolute atomic E-state index is 0.100. The Morgan fingerprint density at radius 1 is 1.45 bits per heavy atom. The van der Waals surface area contributed by atoms with Crippen molar-refractivity contribution in [2.45, 2.75) is 26.7 Å². The highest BCUT2D eigenvalue weighted by Gasteiger charge is 2.21. The lowest BCUT2D eigenvalue weighted by molar-refractivity contribution is -0.140. The Kier molecular flexibility index (Phi) is 5.73. The molecule has 1 aromatic rings. The second kappa shape index (κ2) is 7.29. The molecule has 0 fully saturated rings. The summed E-state index contributed by atoms with van der Waals surface area (Å²) in [5.74, 6) is -1.74. The fourth-order valence-corrected chi connectivity index (χ4v) is 1.80. The predicted molar refractivity (Wildman–Crippen MR) is 75.2 cm³/mol. The second-order valence-electron chi connectivity index (χ2n) is 4.66. The number of aliphatic carboxylic acids is 1. The first-order valence-corrected chi connectivity index (χ1v) is 6.53. The Morgan fingerprint density at radius 3 is 2.70 bits per heavy atom. The summed E-state index contributed by atoms with van der Waals surface area (Å²) in [6, 6.07) is 8.66. The van der Waals surface area contributed by atoms with E-state index in [4.69, 9.17) is 10.4 Å². The third-order valence-electron chi connectivity index (χ3n) is 2.93. The molecule has 1 aromatic carbocycles. The third kappa shape index (κ3) is 4.09. The molecule has 0 heterocycles. The largest absolute Gasteiger partial charge is 0.481 e. The molecule has 0 bridgehead atoms. The maximum Gasteiger partial charge on any atom is 0.308 e. The molecule has 0 aliphatic carbocycles. The third-order valence-corrected chi connectivity index (χ3v) is 2.93. The lowest BCUT2D eigenvalue weighted by Gasteiger charge is -2.24. The molecule has 1 rings (SSSR count). The fourth-order valence-electron chi connectivity index (χ4n) is 1.80. The van der Waals surface area contributed by atoms with E-state index in [1.54, 1.807) is 31.2 Å². The number of anilines is 1. The quantitative estimate of drug-likeness (QED) is 0.863. The summed E-state index contributed by atoms with van der Waals surface area (Å²) in [4.78, 5) is 24.6. The molecule has 106 valence electrons. The number of carbonyl (C=O) groups excluding carboxylic acids is 1. The van der Waals surface area contributed by atoms with Crippen LogP contribution in [0.25, 0.3) is 0 Å². The Bertz CT molecular complexity index is 534. The van der Waals surface area contributed by atoms with Gasteiger partial charge in [-0.3, -0.25) is 9.59 Å². The van der Waals surface area contributed by atoms with Gasteiger partial charge in [-0.05, 0) is 24.6 Å². The summed E-state index contributed by atoms with van der Waals surface area (Å²) in [5, 5.41) is 17.9. The van der Waals surface area contributed by atoms with Gasteiger partial charge >= 0.3 is 5.97 Å². The Morgan fingerprint density at radius 2 is 2.15 bits per heavy atom. The molecule has 5 heteroatoms. The van der Waals surface area contributed by atoms with Crippen molar-refractivity contribution < 1.29 is 14.7 Å². The van der Waals surface area contributed by atoms with Crippen LogP contribution in [0.15, 0.2) is 24.3 Å². The number of rotatable bonds is 6. The van der Waals surface area contributed by atoms with Crippen molar-refractivity contribution in [2.24, 2.45) is 5.92 Å². The van der Waals surface area contributed by atoms with E-state index in [9.17, 15) is 9.59 Å². The highest BCUT2D eigenvalue weighted by molar-refractivity contribution is 5.94. The van der Waals surface area contributed by atoms with Crippen molar-refractivity contribution in [1.29, 1.82) is 5.26 Å². The number of nitrogens with zero attached hydrogens (tertiary/aromatic N) is 2. The molecular formula is C15H18N2O3. The number of carboxylic acid groups (broad SMARTS) is 1. The van der Waals surface area contributed by atoms with Gasteiger partial charge in [0.15, 0.2) is 0 Å². The van der Waals surface area contributed by atoms with Crippen molar-refractivity contribution in [1.82, 2.24) is 0 Å². The first-order valence-electron chi connectivity index (χ1n) is 6.53. The number of hydrogen-bond acceptors (Lipinski definition) is 3. The number of amides is 1. The van der Waals surface area contributed by atoms with Crippen molar-refractivity contribution in [2.75, 3.05) is 11.4 Å². The molecular weight excluding hydrogens is 256 g/mol. The molecule has 1 unspecified atom stereocenters. The van der Waals surface area contributed by atoms with Crippen molar-refractivity contribution in [3.05, 3.63) is 29.8 Å². The average molecular weight is 274 g/mol. The van der Waals surface area contributed by atoms with E-state index in [0.717, 1.165) is 0 Å². The fraction of sp³-hybridized carbons (Fsp3) is 0.400. The number of carbonyl (C=O) groups is 2. The highest BCUT2D eigenvalue weighted by Crippen LogP contribution is 2.19. The van der Waals surface area contributed by atoms with E-state index in [0.29, 0.717) is 24.1 Å². The first kappa shape index (κ1) is 15.7.